The fourth-order valence-electron chi connectivity index (χ4n) is 3.62. The molecular weight excluding hydrogens is 304 g/mol. The third-order valence-electron chi connectivity index (χ3n) is 4.97. The maximum atomic E-state index is 12.9. The van der Waals surface area contributed by atoms with E-state index in [9.17, 15) is 4.79 Å². The van der Waals surface area contributed by atoms with Crippen molar-refractivity contribution in [3.05, 3.63) is 42.5 Å². The highest BCUT2D eigenvalue weighted by atomic mass is 16.5. The minimum atomic E-state index is -0.426. The minimum absolute atomic E-state index is 0.0919. The summed E-state index contributed by atoms with van der Waals surface area (Å²) in [6.45, 7) is 2.11. The number of hydrogen-bond acceptors (Lipinski definition) is 4. The topological polar surface area (TPSA) is 61.5 Å². The van der Waals surface area contributed by atoms with Gasteiger partial charge in [-0.15, -0.1) is 0 Å². The lowest BCUT2D eigenvalue weighted by Gasteiger charge is -2.37. The van der Waals surface area contributed by atoms with E-state index in [1.807, 2.05) is 42.4 Å². The molecule has 1 amide bonds. The Morgan fingerprint density at radius 2 is 2.08 bits per heavy atom. The first kappa shape index (κ1) is 15.1. The molecule has 1 aromatic heterocycles. The van der Waals surface area contributed by atoms with Crippen molar-refractivity contribution in [1.29, 1.82) is 0 Å². The predicted molar refractivity (Wildman–Crippen MR) is 91.3 cm³/mol. The van der Waals surface area contributed by atoms with Gasteiger partial charge in [-0.05, 0) is 25.0 Å². The minimum Gasteiger partial charge on any atom is -0.477 e. The Balaban J connectivity index is 1.40. The number of carbonyl (C=O) groups is 1. The van der Waals surface area contributed by atoms with Gasteiger partial charge in [0.25, 0.3) is 5.91 Å². The second kappa shape index (κ2) is 6.19. The molecule has 126 valence electrons. The summed E-state index contributed by atoms with van der Waals surface area (Å²) in [5.41, 5.74) is 1.04. The first-order chi connectivity index (χ1) is 11.7. The van der Waals surface area contributed by atoms with E-state index in [0.29, 0.717) is 12.5 Å². The number of H-pyrrole nitrogens is 1. The molecule has 3 heterocycles. The summed E-state index contributed by atoms with van der Waals surface area (Å²) in [4.78, 5) is 24.4. The molecule has 0 spiro atoms. The number of hydrogen-bond donors (Lipinski definition) is 1. The van der Waals surface area contributed by atoms with E-state index in [1.54, 1.807) is 6.20 Å². The van der Waals surface area contributed by atoms with Crippen LogP contribution in [0.15, 0.2) is 36.7 Å². The van der Waals surface area contributed by atoms with E-state index in [-0.39, 0.29) is 5.91 Å². The lowest BCUT2D eigenvalue weighted by Crippen LogP contribution is -2.51. The number of ether oxygens (including phenoxy) is 1. The number of likely N-dealkylation sites (N-methyl/N-ethyl adjacent to an activating group) is 1. The highest BCUT2D eigenvalue weighted by Gasteiger charge is 2.34. The molecule has 4 rings (SSSR count). The van der Waals surface area contributed by atoms with Crippen molar-refractivity contribution >= 4 is 11.6 Å². The maximum absolute atomic E-state index is 12.9. The van der Waals surface area contributed by atoms with Crippen molar-refractivity contribution in [2.45, 2.75) is 24.9 Å². The molecule has 24 heavy (non-hydrogen) atoms. The number of likely N-dealkylation sites (tertiary alicyclic amines) is 1. The Bertz CT molecular complexity index is 708. The monoisotopic (exact) mass is 326 g/mol. The van der Waals surface area contributed by atoms with Gasteiger partial charge in [0.1, 0.15) is 11.6 Å². The van der Waals surface area contributed by atoms with Crippen molar-refractivity contribution in [2.75, 3.05) is 31.6 Å². The fourth-order valence-corrected chi connectivity index (χ4v) is 3.62. The number of rotatable bonds is 2. The summed E-state index contributed by atoms with van der Waals surface area (Å²) in [7, 11) is 2.00. The van der Waals surface area contributed by atoms with Crippen molar-refractivity contribution < 1.29 is 9.53 Å². The molecule has 0 aliphatic carbocycles. The van der Waals surface area contributed by atoms with Crippen LogP contribution in [0.4, 0.5) is 5.69 Å². The number of piperidine rings is 1. The molecule has 1 atom stereocenters. The summed E-state index contributed by atoms with van der Waals surface area (Å²) in [6.07, 6.45) is 5.10. The highest BCUT2D eigenvalue weighted by molar-refractivity contribution is 5.83. The van der Waals surface area contributed by atoms with Gasteiger partial charge in [0.2, 0.25) is 0 Å². The van der Waals surface area contributed by atoms with Gasteiger partial charge in [0.15, 0.2) is 6.10 Å². The Morgan fingerprint density at radius 1 is 1.29 bits per heavy atom. The van der Waals surface area contributed by atoms with E-state index in [2.05, 4.69) is 14.9 Å². The number of nitrogens with one attached hydrogen (secondary N) is 1. The number of aromatic amines is 1. The third-order valence-corrected chi connectivity index (χ3v) is 4.97. The average Bonchev–Trinajstić information content (AvgIpc) is 3.16. The van der Waals surface area contributed by atoms with E-state index in [1.165, 1.54) is 0 Å². The molecule has 2 aromatic rings. The van der Waals surface area contributed by atoms with Gasteiger partial charge in [-0.25, -0.2) is 4.98 Å². The zero-order valence-corrected chi connectivity index (χ0v) is 13.8. The zero-order valence-electron chi connectivity index (χ0n) is 13.8. The molecule has 1 aromatic carbocycles. The summed E-state index contributed by atoms with van der Waals surface area (Å²) in [5.74, 6) is 2.33. The second-order valence-corrected chi connectivity index (χ2v) is 6.53. The van der Waals surface area contributed by atoms with E-state index >= 15 is 0 Å². The molecule has 1 N–H and O–H groups in total. The molecule has 6 heteroatoms. The molecule has 6 nitrogen and oxygen atoms in total. The number of aromatic nitrogens is 2. The van der Waals surface area contributed by atoms with Crippen molar-refractivity contribution in [2.24, 2.45) is 0 Å². The Morgan fingerprint density at radius 3 is 2.83 bits per heavy atom. The Kier molecular flexibility index (Phi) is 3.88. The highest BCUT2D eigenvalue weighted by Crippen LogP contribution is 2.33. The molecule has 2 aliphatic heterocycles. The van der Waals surface area contributed by atoms with E-state index in [4.69, 9.17) is 4.74 Å². The van der Waals surface area contributed by atoms with Crippen LogP contribution in [0.3, 0.4) is 0 Å². The summed E-state index contributed by atoms with van der Waals surface area (Å²) >= 11 is 0. The number of imidazole rings is 1. The number of fused-ring (bicyclic) bond motifs is 1. The molecule has 0 radical (unpaired) electrons. The third kappa shape index (κ3) is 2.72. The van der Waals surface area contributed by atoms with Crippen LogP contribution < -0.4 is 9.64 Å². The lowest BCUT2D eigenvalue weighted by atomic mass is 9.95. The number of amides is 1. The molecule has 0 saturated carbocycles. The van der Waals surface area contributed by atoms with E-state index < -0.39 is 6.10 Å². The molecule has 0 unspecified atom stereocenters. The van der Waals surface area contributed by atoms with Crippen LogP contribution in [0.1, 0.15) is 24.6 Å². The van der Waals surface area contributed by atoms with Crippen LogP contribution in [-0.2, 0) is 4.79 Å². The second-order valence-electron chi connectivity index (χ2n) is 6.53. The molecular formula is C18H22N4O2. The van der Waals surface area contributed by atoms with Crippen molar-refractivity contribution in [3.8, 4) is 5.75 Å². The summed E-state index contributed by atoms with van der Waals surface area (Å²) in [5, 5.41) is 0. The molecule has 2 aliphatic rings. The lowest BCUT2D eigenvalue weighted by molar-refractivity contribution is -0.139. The Hall–Kier alpha value is -2.50. The number of para-hydroxylation sites is 2. The number of benzene rings is 1. The number of carbonyl (C=O) groups excluding carboxylic acids is 1. The first-order valence-corrected chi connectivity index (χ1v) is 8.47. The van der Waals surface area contributed by atoms with Crippen molar-refractivity contribution in [3.63, 3.8) is 0 Å². The summed E-state index contributed by atoms with van der Waals surface area (Å²) < 4.78 is 5.97. The van der Waals surface area contributed by atoms with Crippen LogP contribution in [0.25, 0.3) is 0 Å². The van der Waals surface area contributed by atoms with Gasteiger partial charge in [0, 0.05) is 38.4 Å². The van der Waals surface area contributed by atoms with Gasteiger partial charge < -0.3 is 19.5 Å². The van der Waals surface area contributed by atoms with Gasteiger partial charge in [-0.3, -0.25) is 4.79 Å². The van der Waals surface area contributed by atoms with Gasteiger partial charge in [-0.1, -0.05) is 12.1 Å². The normalized spacial score (nSPS) is 21.3. The SMILES string of the molecule is CN1C[C@@H](C(=O)N2CCC(c3ncc[nH]3)CC2)Oc2ccccc21. The van der Waals surface area contributed by atoms with Crippen LogP contribution in [0, 0.1) is 0 Å². The molecule has 1 fully saturated rings. The van der Waals surface area contributed by atoms with Crippen LogP contribution >= 0.6 is 0 Å². The molecule has 1 saturated heterocycles. The van der Waals surface area contributed by atoms with Gasteiger partial charge in [-0.2, -0.15) is 0 Å². The largest absolute Gasteiger partial charge is 0.477 e. The summed E-state index contributed by atoms with van der Waals surface area (Å²) in [6, 6.07) is 7.87. The fraction of sp³-hybridized carbons (Fsp3) is 0.444. The maximum Gasteiger partial charge on any atom is 0.265 e. The quantitative estimate of drug-likeness (QED) is 0.917. The van der Waals surface area contributed by atoms with E-state index in [0.717, 1.165) is 43.2 Å². The Labute approximate surface area is 141 Å². The smallest absolute Gasteiger partial charge is 0.265 e. The van der Waals surface area contributed by atoms with Crippen LogP contribution in [-0.4, -0.2) is 53.6 Å². The standard InChI is InChI=1S/C18H22N4O2/c1-21-12-16(24-15-5-3-2-4-14(15)21)18(23)22-10-6-13(7-11-22)17-19-8-9-20-17/h2-5,8-9,13,16H,6-7,10-12H2,1H3,(H,19,20)/t16-/m0/s1. The van der Waals surface area contributed by atoms with Gasteiger partial charge >= 0.3 is 0 Å². The average molecular weight is 326 g/mol. The molecule has 0 bridgehead atoms. The predicted octanol–water partition coefficient (Wildman–Crippen LogP) is 2.01. The van der Waals surface area contributed by atoms with Crippen molar-refractivity contribution in [1.82, 2.24) is 14.9 Å². The first-order valence-electron chi connectivity index (χ1n) is 8.47. The zero-order chi connectivity index (χ0) is 16.5. The number of anilines is 1. The van der Waals surface area contributed by atoms with Crippen LogP contribution in [0.5, 0.6) is 5.75 Å². The van der Waals surface area contributed by atoms with Crippen LogP contribution in [0.2, 0.25) is 0 Å². The van der Waals surface area contributed by atoms with Gasteiger partial charge in [0.05, 0.1) is 12.2 Å². The number of nitrogens with zero attached hydrogens (tertiary/aromatic N) is 3.